The van der Waals surface area contributed by atoms with Crippen LogP contribution in [0, 0.1) is 0 Å². The maximum absolute atomic E-state index is 12.2. The zero-order valence-electron chi connectivity index (χ0n) is 12.0. The van der Waals surface area contributed by atoms with Crippen LogP contribution in [0.3, 0.4) is 0 Å². The van der Waals surface area contributed by atoms with E-state index in [4.69, 9.17) is 0 Å². The van der Waals surface area contributed by atoms with E-state index in [-0.39, 0.29) is 17.1 Å². The van der Waals surface area contributed by atoms with Crippen LogP contribution in [0.25, 0.3) is 11.3 Å². The number of pyridine rings is 2. The van der Waals surface area contributed by atoms with Crippen molar-refractivity contribution >= 4 is 11.7 Å². The number of anilines is 1. The summed E-state index contributed by atoms with van der Waals surface area (Å²) in [6.45, 7) is 0. The van der Waals surface area contributed by atoms with Crippen LogP contribution < -0.4 is 10.9 Å². The zero-order valence-corrected chi connectivity index (χ0v) is 12.0. The molecule has 6 heteroatoms. The number of H-pyrrole nitrogens is 1. The number of benzene rings is 1. The third kappa shape index (κ3) is 3.11. The first kappa shape index (κ1) is 14.5. The van der Waals surface area contributed by atoms with Crippen LogP contribution in [0.2, 0.25) is 0 Å². The third-order valence-electron chi connectivity index (χ3n) is 3.26. The predicted molar refractivity (Wildman–Crippen MR) is 86.4 cm³/mol. The third-order valence-corrected chi connectivity index (χ3v) is 3.26. The highest BCUT2D eigenvalue weighted by Gasteiger charge is 2.14. The molecule has 0 aliphatic heterocycles. The minimum atomic E-state index is -0.639. The number of aromatic amines is 1. The average molecular weight is 307 g/mol. The standard InChI is InChI=1S/C17H13N3O3/c21-14-7-4-10-18-15(14)20-17(23)12-8-9-13(19-16(12)22)11-5-2-1-3-6-11/h1-10,21H,(H,19,22)(H,18,20,23). The van der Waals surface area contributed by atoms with E-state index >= 15 is 0 Å². The van der Waals surface area contributed by atoms with Gasteiger partial charge >= 0.3 is 0 Å². The minimum absolute atomic E-state index is 0.00374. The SMILES string of the molecule is O=C(Nc1ncccc1O)c1ccc(-c2ccccc2)[nH]c1=O. The molecule has 0 atom stereocenters. The number of carbonyl (C=O) groups is 1. The quantitative estimate of drug-likeness (QED) is 0.692. The summed E-state index contributed by atoms with van der Waals surface area (Å²) >= 11 is 0. The summed E-state index contributed by atoms with van der Waals surface area (Å²) in [5.41, 5.74) is 0.890. The van der Waals surface area contributed by atoms with Gasteiger partial charge in [0.05, 0.1) is 0 Å². The number of hydrogen-bond donors (Lipinski definition) is 3. The summed E-state index contributed by atoms with van der Waals surface area (Å²) in [6, 6.07) is 15.3. The molecule has 0 saturated carbocycles. The lowest BCUT2D eigenvalue weighted by atomic mass is 10.1. The Morgan fingerprint density at radius 3 is 2.52 bits per heavy atom. The maximum Gasteiger partial charge on any atom is 0.262 e. The normalized spacial score (nSPS) is 10.3. The van der Waals surface area contributed by atoms with Gasteiger partial charge in [0.1, 0.15) is 5.56 Å². The molecule has 23 heavy (non-hydrogen) atoms. The van der Waals surface area contributed by atoms with Crippen LogP contribution in [-0.2, 0) is 0 Å². The van der Waals surface area contributed by atoms with Crippen molar-refractivity contribution < 1.29 is 9.90 Å². The Kier molecular flexibility index (Phi) is 3.88. The predicted octanol–water partition coefficient (Wildman–Crippen LogP) is 2.39. The number of nitrogens with one attached hydrogen (secondary N) is 2. The highest BCUT2D eigenvalue weighted by molar-refractivity contribution is 6.04. The van der Waals surface area contributed by atoms with Gasteiger partial charge < -0.3 is 15.4 Å². The van der Waals surface area contributed by atoms with Crippen LogP contribution >= 0.6 is 0 Å². The molecular weight excluding hydrogens is 294 g/mol. The molecule has 2 aromatic heterocycles. The number of amides is 1. The molecule has 1 amide bonds. The Morgan fingerprint density at radius 1 is 1.04 bits per heavy atom. The van der Waals surface area contributed by atoms with Crippen molar-refractivity contribution in [3.8, 4) is 17.0 Å². The summed E-state index contributed by atoms with van der Waals surface area (Å²) in [5, 5.41) is 12.0. The first-order valence-corrected chi connectivity index (χ1v) is 6.89. The van der Waals surface area contributed by atoms with Crippen molar-refractivity contribution in [1.29, 1.82) is 0 Å². The number of carbonyl (C=O) groups excluding carboxylic acids is 1. The molecule has 0 radical (unpaired) electrons. The fourth-order valence-corrected chi connectivity index (χ4v) is 2.11. The van der Waals surface area contributed by atoms with Gasteiger partial charge in [-0.2, -0.15) is 0 Å². The molecule has 1 aromatic carbocycles. The van der Waals surface area contributed by atoms with Crippen molar-refractivity contribution in [3.05, 3.63) is 76.7 Å². The highest BCUT2D eigenvalue weighted by Crippen LogP contribution is 2.19. The maximum atomic E-state index is 12.2. The van der Waals surface area contributed by atoms with Crippen molar-refractivity contribution in [2.24, 2.45) is 0 Å². The molecule has 0 aliphatic carbocycles. The second kappa shape index (κ2) is 6.15. The van der Waals surface area contributed by atoms with Gasteiger partial charge in [0, 0.05) is 11.9 Å². The Morgan fingerprint density at radius 2 is 1.83 bits per heavy atom. The van der Waals surface area contributed by atoms with Gasteiger partial charge in [-0.3, -0.25) is 9.59 Å². The molecule has 0 aliphatic rings. The van der Waals surface area contributed by atoms with E-state index in [9.17, 15) is 14.7 Å². The minimum Gasteiger partial charge on any atom is -0.504 e. The van der Waals surface area contributed by atoms with Gasteiger partial charge in [0.2, 0.25) is 0 Å². The van der Waals surface area contributed by atoms with E-state index in [0.717, 1.165) is 5.56 Å². The van der Waals surface area contributed by atoms with E-state index in [0.29, 0.717) is 5.69 Å². The van der Waals surface area contributed by atoms with Crippen molar-refractivity contribution in [2.45, 2.75) is 0 Å². The van der Waals surface area contributed by atoms with Crippen LogP contribution in [0.1, 0.15) is 10.4 Å². The van der Waals surface area contributed by atoms with E-state index in [1.807, 2.05) is 30.3 Å². The van der Waals surface area contributed by atoms with Crippen LogP contribution in [0.15, 0.2) is 65.6 Å². The number of hydrogen-bond acceptors (Lipinski definition) is 4. The Bertz CT molecular complexity index is 904. The van der Waals surface area contributed by atoms with Gasteiger partial charge in [0.15, 0.2) is 11.6 Å². The molecule has 2 heterocycles. The molecule has 0 spiro atoms. The van der Waals surface area contributed by atoms with Gasteiger partial charge in [-0.25, -0.2) is 4.98 Å². The molecular formula is C17H13N3O3. The summed E-state index contributed by atoms with van der Waals surface area (Å²) in [6.07, 6.45) is 1.43. The van der Waals surface area contributed by atoms with Crippen molar-refractivity contribution in [3.63, 3.8) is 0 Å². The summed E-state index contributed by atoms with van der Waals surface area (Å²) in [4.78, 5) is 30.8. The molecule has 6 nitrogen and oxygen atoms in total. The van der Waals surface area contributed by atoms with Crippen LogP contribution in [0.4, 0.5) is 5.82 Å². The van der Waals surface area contributed by atoms with Gasteiger partial charge in [-0.05, 0) is 29.8 Å². The van der Waals surface area contributed by atoms with E-state index in [1.54, 1.807) is 6.07 Å². The first-order chi connectivity index (χ1) is 11.1. The number of aromatic hydroxyl groups is 1. The molecule has 0 fully saturated rings. The number of nitrogens with zero attached hydrogens (tertiary/aromatic N) is 1. The fraction of sp³-hybridized carbons (Fsp3) is 0. The fourth-order valence-electron chi connectivity index (χ4n) is 2.11. The lowest BCUT2D eigenvalue weighted by Crippen LogP contribution is -2.23. The lowest BCUT2D eigenvalue weighted by molar-refractivity contribution is 0.102. The second-order valence-corrected chi connectivity index (χ2v) is 4.81. The topological polar surface area (TPSA) is 95.1 Å². The van der Waals surface area contributed by atoms with E-state index in [1.165, 1.54) is 24.4 Å². The number of aromatic nitrogens is 2. The smallest absolute Gasteiger partial charge is 0.262 e. The molecule has 3 aromatic rings. The van der Waals surface area contributed by atoms with E-state index < -0.39 is 11.5 Å². The first-order valence-electron chi connectivity index (χ1n) is 6.89. The molecule has 0 bridgehead atoms. The van der Waals surface area contributed by atoms with Crippen molar-refractivity contribution in [1.82, 2.24) is 9.97 Å². The molecule has 0 saturated heterocycles. The average Bonchev–Trinajstić information content (AvgIpc) is 2.57. The van der Waals surface area contributed by atoms with E-state index in [2.05, 4.69) is 15.3 Å². The molecule has 3 N–H and O–H groups in total. The summed E-state index contributed by atoms with van der Waals surface area (Å²) in [5.74, 6) is -0.804. The second-order valence-electron chi connectivity index (χ2n) is 4.81. The monoisotopic (exact) mass is 307 g/mol. The largest absolute Gasteiger partial charge is 0.504 e. The molecule has 114 valence electrons. The summed E-state index contributed by atoms with van der Waals surface area (Å²) in [7, 11) is 0. The van der Waals surface area contributed by atoms with Crippen LogP contribution in [-0.4, -0.2) is 21.0 Å². The lowest BCUT2D eigenvalue weighted by Gasteiger charge is -2.06. The number of rotatable bonds is 3. The van der Waals surface area contributed by atoms with Gasteiger partial charge in [-0.15, -0.1) is 0 Å². The van der Waals surface area contributed by atoms with Gasteiger partial charge in [-0.1, -0.05) is 30.3 Å². The Hall–Kier alpha value is -3.41. The Balaban J connectivity index is 1.88. The molecule has 0 unspecified atom stereocenters. The summed E-state index contributed by atoms with van der Waals surface area (Å²) < 4.78 is 0. The van der Waals surface area contributed by atoms with Crippen LogP contribution in [0.5, 0.6) is 5.75 Å². The zero-order chi connectivity index (χ0) is 16.2. The van der Waals surface area contributed by atoms with Gasteiger partial charge in [0.25, 0.3) is 11.5 Å². The molecule has 3 rings (SSSR count). The Labute approximate surface area is 131 Å². The van der Waals surface area contributed by atoms with Crippen molar-refractivity contribution in [2.75, 3.05) is 5.32 Å². The highest BCUT2D eigenvalue weighted by atomic mass is 16.3.